The Morgan fingerprint density at radius 3 is 1.92 bits per heavy atom. The van der Waals surface area contributed by atoms with Crippen molar-refractivity contribution in [3.63, 3.8) is 0 Å². The van der Waals surface area contributed by atoms with E-state index in [0.29, 0.717) is 62.2 Å². The van der Waals surface area contributed by atoms with Crippen LogP contribution in [0.4, 0.5) is 10.6 Å². The SMILES string of the molecule is CCC(=O)C(C(=O)c1oc(-c2ccnc(OC)c2)nc1N(Cc1ccc(OC)cc1)Cc1ccc(OC)cc1)N1CCN(C(=O)OC(C)(C)C)CC1. The minimum Gasteiger partial charge on any atom is -0.497 e. The van der Waals surface area contributed by atoms with E-state index in [1.54, 1.807) is 44.4 Å². The highest BCUT2D eigenvalue weighted by Gasteiger charge is 2.40. The summed E-state index contributed by atoms with van der Waals surface area (Å²) >= 11 is 0. The van der Waals surface area contributed by atoms with Gasteiger partial charge >= 0.3 is 6.09 Å². The first-order valence-corrected chi connectivity index (χ1v) is 17.2. The molecule has 2 aromatic heterocycles. The van der Waals surface area contributed by atoms with Crippen molar-refractivity contribution in [3.8, 4) is 28.8 Å². The molecule has 5 rings (SSSR count). The maximum atomic E-state index is 14.8. The van der Waals surface area contributed by atoms with E-state index in [1.165, 1.54) is 7.11 Å². The number of Topliss-reactive ketones (excluding diaryl/α,β-unsaturated/α-hetero) is 2. The number of anilines is 1. The highest BCUT2D eigenvalue weighted by Crippen LogP contribution is 2.33. The van der Waals surface area contributed by atoms with Gasteiger partial charge in [0.05, 0.1) is 21.3 Å². The summed E-state index contributed by atoms with van der Waals surface area (Å²) in [4.78, 5) is 55.8. The van der Waals surface area contributed by atoms with Crippen LogP contribution >= 0.6 is 0 Å². The van der Waals surface area contributed by atoms with E-state index in [4.69, 9.17) is 28.3 Å². The van der Waals surface area contributed by atoms with E-state index >= 15 is 0 Å². The Balaban J connectivity index is 1.56. The van der Waals surface area contributed by atoms with Gasteiger partial charge in [0.2, 0.25) is 23.3 Å². The van der Waals surface area contributed by atoms with Gasteiger partial charge in [-0.15, -0.1) is 0 Å². The van der Waals surface area contributed by atoms with Gasteiger partial charge < -0.3 is 33.2 Å². The number of ketones is 2. The molecule has 0 bridgehead atoms. The second-order valence-corrected chi connectivity index (χ2v) is 13.4. The number of pyridine rings is 1. The highest BCUT2D eigenvalue weighted by atomic mass is 16.6. The summed E-state index contributed by atoms with van der Waals surface area (Å²) in [6.45, 7) is 9.04. The summed E-state index contributed by atoms with van der Waals surface area (Å²) in [6.07, 6.45) is 1.26. The number of carbonyl (C=O) groups excluding carboxylic acids is 3. The molecule has 0 spiro atoms. The lowest BCUT2D eigenvalue weighted by Crippen LogP contribution is -2.56. The van der Waals surface area contributed by atoms with E-state index in [0.717, 1.165) is 11.1 Å². The number of rotatable bonds is 14. The zero-order valence-electron chi connectivity index (χ0n) is 30.9. The van der Waals surface area contributed by atoms with Crippen molar-refractivity contribution in [1.82, 2.24) is 19.8 Å². The highest BCUT2D eigenvalue weighted by molar-refractivity contribution is 6.15. The van der Waals surface area contributed by atoms with Crippen LogP contribution in [0.5, 0.6) is 17.4 Å². The van der Waals surface area contributed by atoms with Gasteiger partial charge in [-0.25, -0.2) is 9.78 Å². The summed E-state index contributed by atoms with van der Waals surface area (Å²) < 4.78 is 28.1. The van der Waals surface area contributed by atoms with Crippen LogP contribution in [0.2, 0.25) is 0 Å². The Bertz CT molecular complexity index is 1780. The van der Waals surface area contributed by atoms with Crippen LogP contribution < -0.4 is 19.1 Å². The Labute approximate surface area is 304 Å². The van der Waals surface area contributed by atoms with Crippen LogP contribution in [0.1, 0.15) is 55.8 Å². The maximum Gasteiger partial charge on any atom is 0.410 e. The molecule has 1 amide bonds. The van der Waals surface area contributed by atoms with Gasteiger partial charge in [-0.05, 0) is 62.2 Å². The molecule has 1 aliphatic rings. The number of carbonyl (C=O) groups is 3. The lowest BCUT2D eigenvalue weighted by Gasteiger charge is -2.38. The van der Waals surface area contributed by atoms with Gasteiger partial charge in [0.1, 0.15) is 23.1 Å². The Hall–Kier alpha value is -5.43. The van der Waals surface area contributed by atoms with E-state index < -0.39 is 23.5 Å². The Morgan fingerprint density at radius 2 is 1.42 bits per heavy atom. The van der Waals surface area contributed by atoms with Gasteiger partial charge in [-0.3, -0.25) is 14.5 Å². The number of aromatic nitrogens is 2. The van der Waals surface area contributed by atoms with Crippen molar-refractivity contribution in [1.29, 1.82) is 0 Å². The quantitative estimate of drug-likeness (QED) is 0.111. The van der Waals surface area contributed by atoms with Crippen LogP contribution in [0.3, 0.4) is 0 Å². The van der Waals surface area contributed by atoms with Crippen LogP contribution in [-0.2, 0) is 22.6 Å². The molecule has 0 radical (unpaired) electrons. The van der Waals surface area contributed by atoms with E-state index in [9.17, 15) is 14.4 Å². The average Bonchev–Trinajstić information content (AvgIpc) is 3.60. The molecule has 13 nitrogen and oxygen atoms in total. The predicted octanol–water partition coefficient (Wildman–Crippen LogP) is 6.05. The summed E-state index contributed by atoms with van der Waals surface area (Å²) in [6, 6.07) is 17.5. The second-order valence-electron chi connectivity index (χ2n) is 13.4. The van der Waals surface area contributed by atoms with Gasteiger partial charge in [-0.2, -0.15) is 4.98 Å². The molecule has 2 aromatic carbocycles. The third-order valence-electron chi connectivity index (χ3n) is 8.62. The van der Waals surface area contributed by atoms with Crippen LogP contribution in [0, 0.1) is 0 Å². The van der Waals surface area contributed by atoms with Gasteiger partial charge in [0.25, 0.3) is 0 Å². The van der Waals surface area contributed by atoms with Crippen LogP contribution in [0.15, 0.2) is 71.3 Å². The first-order chi connectivity index (χ1) is 24.9. The fourth-order valence-corrected chi connectivity index (χ4v) is 5.90. The van der Waals surface area contributed by atoms with Crippen molar-refractivity contribution in [2.75, 3.05) is 52.4 Å². The second kappa shape index (κ2) is 16.7. The van der Waals surface area contributed by atoms with Crippen LogP contribution in [0.25, 0.3) is 11.5 Å². The maximum absolute atomic E-state index is 14.8. The lowest BCUT2D eigenvalue weighted by atomic mass is 10.0. The molecule has 0 N–H and O–H groups in total. The first-order valence-electron chi connectivity index (χ1n) is 17.2. The third kappa shape index (κ3) is 9.26. The number of amides is 1. The zero-order valence-corrected chi connectivity index (χ0v) is 30.9. The molecule has 1 fully saturated rings. The van der Waals surface area contributed by atoms with Gasteiger partial charge in [0, 0.05) is 63.5 Å². The number of ether oxygens (including phenoxy) is 4. The van der Waals surface area contributed by atoms with Gasteiger partial charge in [0.15, 0.2) is 11.6 Å². The first kappa shape index (κ1) is 37.8. The molecule has 1 atom stereocenters. The smallest absolute Gasteiger partial charge is 0.410 e. The van der Waals surface area contributed by atoms with E-state index in [1.807, 2.05) is 79.1 Å². The lowest BCUT2D eigenvalue weighted by molar-refractivity contribution is -0.123. The fraction of sp³-hybridized carbons (Fsp3) is 0.410. The fourth-order valence-electron chi connectivity index (χ4n) is 5.90. The largest absolute Gasteiger partial charge is 0.497 e. The third-order valence-corrected chi connectivity index (χ3v) is 8.62. The van der Waals surface area contributed by atoms with E-state index in [-0.39, 0.29) is 29.7 Å². The normalized spacial score (nSPS) is 14.0. The number of methoxy groups -OCH3 is 3. The molecule has 0 aliphatic carbocycles. The summed E-state index contributed by atoms with van der Waals surface area (Å²) in [5, 5.41) is 0. The van der Waals surface area contributed by atoms with Crippen molar-refractivity contribution >= 4 is 23.5 Å². The predicted molar refractivity (Wildman–Crippen MR) is 195 cm³/mol. The Morgan fingerprint density at radius 1 is 0.846 bits per heavy atom. The molecule has 0 saturated carbocycles. The molecule has 52 heavy (non-hydrogen) atoms. The summed E-state index contributed by atoms with van der Waals surface area (Å²) in [5.74, 6) is 1.40. The topological polar surface area (TPSA) is 137 Å². The average molecular weight is 714 g/mol. The minimum atomic E-state index is -1.15. The van der Waals surface area contributed by atoms with Crippen molar-refractivity contribution in [2.45, 2.75) is 58.8 Å². The van der Waals surface area contributed by atoms with Crippen molar-refractivity contribution in [2.24, 2.45) is 0 Å². The number of hydrogen-bond donors (Lipinski definition) is 0. The number of nitrogens with zero attached hydrogens (tertiary/aromatic N) is 5. The summed E-state index contributed by atoms with van der Waals surface area (Å²) in [5.41, 5.74) is 1.77. The monoisotopic (exact) mass is 713 g/mol. The minimum absolute atomic E-state index is 0.0471. The van der Waals surface area contributed by atoms with E-state index in [2.05, 4.69) is 4.98 Å². The molecule has 4 aromatic rings. The number of benzene rings is 2. The van der Waals surface area contributed by atoms with Gasteiger partial charge in [-0.1, -0.05) is 31.2 Å². The zero-order chi connectivity index (χ0) is 37.4. The molecule has 276 valence electrons. The molecular formula is C39H47N5O8. The Kier molecular flexibility index (Phi) is 12.2. The molecule has 3 heterocycles. The number of hydrogen-bond acceptors (Lipinski definition) is 12. The number of oxazole rings is 1. The molecule has 1 aliphatic heterocycles. The molecule has 1 saturated heterocycles. The summed E-state index contributed by atoms with van der Waals surface area (Å²) in [7, 11) is 4.73. The molecule has 13 heteroatoms. The van der Waals surface area contributed by atoms with Crippen LogP contribution in [-0.4, -0.2) is 96.6 Å². The van der Waals surface area contributed by atoms with Crippen molar-refractivity contribution < 1.29 is 37.7 Å². The standard InChI is InChI=1S/C39H47N5O8/c1-8-31(45)33(42-19-21-43(22-20-42)38(47)52-39(2,3)4)34(46)35-36(41-37(51-35)28-17-18-40-32(23-28)50-7)44(24-26-9-13-29(48-5)14-10-26)25-27-11-15-30(49-6)16-12-27/h9-18,23,33H,8,19-22,24-25H2,1-7H3. The van der Waals surface area contributed by atoms with Crippen molar-refractivity contribution in [3.05, 3.63) is 83.7 Å². The molecule has 1 unspecified atom stereocenters. The molecular weight excluding hydrogens is 666 g/mol. The number of piperazine rings is 1.